The number of allylic oxidation sites excluding steroid dienone is 2. The summed E-state index contributed by atoms with van der Waals surface area (Å²) in [5, 5.41) is 2.78. The van der Waals surface area contributed by atoms with Crippen molar-refractivity contribution in [1.29, 1.82) is 0 Å². The molecule has 2 aliphatic heterocycles. The number of hydrogen-bond acceptors (Lipinski definition) is 3. The van der Waals surface area contributed by atoms with Crippen molar-refractivity contribution >= 4 is 12.6 Å². The lowest BCUT2D eigenvalue weighted by molar-refractivity contribution is -0.123. The molecule has 0 atom stereocenters. The number of rotatable bonds is 2. The van der Waals surface area contributed by atoms with E-state index < -0.39 is 0 Å². The fourth-order valence-corrected chi connectivity index (χ4v) is 2.83. The van der Waals surface area contributed by atoms with Gasteiger partial charge in [0.1, 0.15) is 5.82 Å². The molecule has 1 spiro atoms. The summed E-state index contributed by atoms with van der Waals surface area (Å²) in [6.45, 7) is 9.41. The highest BCUT2D eigenvalue weighted by atomic mass is 16.1. The van der Waals surface area contributed by atoms with Gasteiger partial charge in [-0.25, -0.2) is 4.99 Å². The summed E-state index contributed by atoms with van der Waals surface area (Å²) in [4.78, 5) is 18.0. The number of amides is 1. The molecule has 2 aliphatic rings. The Kier molecular flexibility index (Phi) is 3.15. The second-order valence-corrected chi connectivity index (χ2v) is 4.93. The minimum Gasteiger partial charge on any atom is -0.310 e. The molecule has 2 heterocycles. The van der Waals surface area contributed by atoms with Crippen LogP contribution in [0.25, 0.3) is 0 Å². The van der Waals surface area contributed by atoms with Crippen molar-refractivity contribution in [3.8, 4) is 0 Å². The van der Waals surface area contributed by atoms with Gasteiger partial charge in [0, 0.05) is 17.4 Å². The predicted molar refractivity (Wildman–Crippen MR) is 68.7 cm³/mol. The first-order chi connectivity index (χ1) is 8.11. The van der Waals surface area contributed by atoms with Gasteiger partial charge in [-0.15, -0.1) is 0 Å². The first-order valence-corrected chi connectivity index (χ1v) is 5.93. The van der Waals surface area contributed by atoms with Crippen LogP contribution >= 0.6 is 0 Å². The molecule has 0 aliphatic carbocycles. The van der Waals surface area contributed by atoms with Gasteiger partial charge in [0.25, 0.3) is 0 Å². The van der Waals surface area contributed by atoms with Crippen LogP contribution in [-0.2, 0) is 4.79 Å². The maximum atomic E-state index is 11.8. The van der Waals surface area contributed by atoms with E-state index in [2.05, 4.69) is 35.6 Å². The number of piperidine rings is 1. The van der Waals surface area contributed by atoms with Gasteiger partial charge in [-0.2, -0.15) is 0 Å². The van der Waals surface area contributed by atoms with Crippen molar-refractivity contribution < 1.29 is 4.79 Å². The average molecular weight is 233 g/mol. The van der Waals surface area contributed by atoms with E-state index in [1.807, 2.05) is 6.08 Å². The minimum atomic E-state index is -0.0763. The quantitative estimate of drug-likeness (QED) is 0.731. The third-order valence-electron chi connectivity index (χ3n) is 3.89. The van der Waals surface area contributed by atoms with Crippen LogP contribution in [-0.4, -0.2) is 37.7 Å². The smallest absolute Gasteiger partial charge is 0.226 e. The number of nitrogens with zero attached hydrogens (tertiary/aromatic N) is 2. The Bertz CT molecular complexity index is 389. The number of aliphatic imine (C=N–C) groups is 1. The Morgan fingerprint density at radius 1 is 1.47 bits per heavy atom. The molecule has 1 N–H and O–H groups in total. The van der Waals surface area contributed by atoms with Crippen LogP contribution in [0, 0.1) is 5.41 Å². The normalized spacial score (nSPS) is 24.6. The SMILES string of the molecule is C=CC1=C(N=C)NC(=O)CC12CCN(C)CC2. The Hall–Kier alpha value is -1.42. The van der Waals surface area contributed by atoms with E-state index in [4.69, 9.17) is 0 Å². The van der Waals surface area contributed by atoms with Gasteiger partial charge in [-0.05, 0) is 39.7 Å². The first kappa shape index (κ1) is 12.0. The van der Waals surface area contributed by atoms with Crippen molar-refractivity contribution in [2.24, 2.45) is 10.4 Å². The van der Waals surface area contributed by atoms with Crippen LogP contribution in [0.3, 0.4) is 0 Å². The summed E-state index contributed by atoms with van der Waals surface area (Å²) in [7, 11) is 2.11. The molecule has 0 aromatic rings. The molecule has 0 aromatic carbocycles. The van der Waals surface area contributed by atoms with E-state index in [9.17, 15) is 4.79 Å². The van der Waals surface area contributed by atoms with Gasteiger partial charge < -0.3 is 10.2 Å². The largest absolute Gasteiger partial charge is 0.310 e. The summed E-state index contributed by atoms with van der Waals surface area (Å²) >= 11 is 0. The summed E-state index contributed by atoms with van der Waals surface area (Å²) in [6.07, 6.45) is 4.34. The number of carbonyl (C=O) groups is 1. The first-order valence-electron chi connectivity index (χ1n) is 5.93. The molecule has 2 rings (SSSR count). The zero-order chi connectivity index (χ0) is 12.5. The van der Waals surface area contributed by atoms with Gasteiger partial charge in [0.2, 0.25) is 5.91 Å². The van der Waals surface area contributed by atoms with Crippen LogP contribution in [0.1, 0.15) is 19.3 Å². The van der Waals surface area contributed by atoms with Gasteiger partial charge in [0.15, 0.2) is 0 Å². The van der Waals surface area contributed by atoms with E-state index in [0.717, 1.165) is 31.5 Å². The van der Waals surface area contributed by atoms with Crippen molar-refractivity contribution in [1.82, 2.24) is 10.2 Å². The highest BCUT2D eigenvalue weighted by Crippen LogP contribution is 2.45. The molecule has 1 fully saturated rings. The molecule has 17 heavy (non-hydrogen) atoms. The molecule has 0 radical (unpaired) electrons. The van der Waals surface area contributed by atoms with Gasteiger partial charge in [-0.3, -0.25) is 4.79 Å². The Labute approximate surface area is 102 Å². The molecule has 0 bridgehead atoms. The fraction of sp³-hybridized carbons (Fsp3) is 0.538. The lowest BCUT2D eigenvalue weighted by Gasteiger charge is -2.43. The van der Waals surface area contributed by atoms with Crippen LogP contribution in [0.2, 0.25) is 0 Å². The minimum absolute atomic E-state index is 0.0440. The topological polar surface area (TPSA) is 44.7 Å². The molecule has 92 valence electrons. The second-order valence-electron chi connectivity index (χ2n) is 4.93. The summed E-state index contributed by atoms with van der Waals surface area (Å²) in [6, 6.07) is 0. The van der Waals surface area contributed by atoms with E-state index in [-0.39, 0.29) is 11.3 Å². The molecule has 0 unspecified atom stereocenters. The highest BCUT2D eigenvalue weighted by molar-refractivity contribution is 5.81. The van der Waals surface area contributed by atoms with Gasteiger partial charge in [0.05, 0.1) is 0 Å². The van der Waals surface area contributed by atoms with Crippen LogP contribution in [0.4, 0.5) is 0 Å². The zero-order valence-corrected chi connectivity index (χ0v) is 10.3. The standard InChI is InChI=1S/C13H19N3O/c1-4-10-12(14-2)15-11(17)9-13(10)5-7-16(3)8-6-13/h4H,1-2,5-9H2,3H3,(H,15,17). The maximum Gasteiger partial charge on any atom is 0.226 e. The molecule has 0 saturated carbocycles. The van der Waals surface area contributed by atoms with Crippen LogP contribution < -0.4 is 5.32 Å². The third-order valence-corrected chi connectivity index (χ3v) is 3.89. The maximum absolute atomic E-state index is 11.8. The number of nitrogens with one attached hydrogen (secondary N) is 1. The Morgan fingerprint density at radius 2 is 2.12 bits per heavy atom. The molecule has 0 aromatic heterocycles. The van der Waals surface area contributed by atoms with Crippen LogP contribution in [0.15, 0.2) is 29.0 Å². The van der Waals surface area contributed by atoms with Crippen molar-refractivity contribution in [3.63, 3.8) is 0 Å². The van der Waals surface area contributed by atoms with E-state index in [1.165, 1.54) is 0 Å². The van der Waals surface area contributed by atoms with Crippen LogP contribution in [0.5, 0.6) is 0 Å². The van der Waals surface area contributed by atoms with E-state index in [0.29, 0.717) is 12.2 Å². The number of likely N-dealkylation sites (tertiary alicyclic amines) is 1. The lowest BCUT2D eigenvalue weighted by atomic mass is 9.68. The fourth-order valence-electron chi connectivity index (χ4n) is 2.83. The summed E-state index contributed by atoms with van der Waals surface area (Å²) in [5.41, 5.74) is 0.979. The second kappa shape index (κ2) is 4.45. The van der Waals surface area contributed by atoms with E-state index in [1.54, 1.807) is 0 Å². The molecule has 4 nitrogen and oxygen atoms in total. The Balaban J connectivity index is 2.39. The monoisotopic (exact) mass is 233 g/mol. The van der Waals surface area contributed by atoms with Crippen molar-refractivity contribution in [2.75, 3.05) is 20.1 Å². The molecular formula is C13H19N3O. The highest BCUT2D eigenvalue weighted by Gasteiger charge is 2.42. The van der Waals surface area contributed by atoms with Crippen molar-refractivity contribution in [2.45, 2.75) is 19.3 Å². The van der Waals surface area contributed by atoms with Gasteiger partial charge >= 0.3 is 0 Å². The molecule has 4 heteroatoms. The molecule has 1 saturated heterocycles. The number of hydrogen-bond donors (Lipinski definition) is 1. The summed E-state index contributed by atoms with van der Waals surface area (Å²) in [5.74, 6) is 0.642. The predicted octanol–water partition coefficient (Wildman–Crippen LogP) is 1.32. The average Bonchev–Trinajstić information content (AvgIpc) is 2.32. The molecular weight excluding hydrogens is 214 g/mol. The van der Waals surface area contributed by atoms with Gasteiger partial charge in [-0.1, -0.05) is 12.7 Å². The Morgan fingerprint density at radius 3 is 2.65 bits per heavy atom. The molecule has 1 amide bonds. The number of carbonyl (C=O) groups excluding carboxylic acids is 1. The zero-order valence-electron chi connectivity index (χ0n) is 10.3. The third kappa shape index (κ3) is 2.05. The van der Waals surface area contributed by atoms with E-state index >= 15 is 0 Å². The van der Waals surface area contributed by atoms with Crippen molar-refractivity contribution in [3.05, 3.63) is 24.0 Å². The summed E-state index contributed by atoms with van der Waals surface area (Å²) < 4.78 is 0. The lowest BCUT2D eigenvalue weighted by Crippen LogP contribution is -2.46.